The molecule has 2 bridgehead atoms. The standard InChI is InChI=1S/C17H24FNO/c1-3-4-14-15(11-5-7-12(18)8-6-11)9-13-10-16(20)17(14)19(13)2/h5-8,13-17,20H,3-4,9-10H2,1-2H3/t13?,14-,15-,16?,17+/m0/s1. The van der Waals surface area contributed by atoms with Crippen molar-refractivity contribution in [3.05, 3.63) is 35.6 Å². The molecule has 2 saturated heterocycles. The molecule has 2 heterocycles. The van der Waals surface area contributed by atoms with Crippen molar-refractivity contribution in [2.75, 3.05) is 7.05 Å². The van der Waals surface area contributed by atoms with Crippen molar-refractivity contribution >= 4 is 0 Å². The van der Waals surface area contributed by atoms with E-state index in [1.807, 2.05) is 12.1 Å². The van der Waals surface area contributed by atoms with E-state index in [1.54, 1.807) is 12.1 Å². The molecular weight excluding hydrogens is 253 g/mol. The zero-order valence-corrected chi connectivity index (χ0v) is 12.3. The monoisotopic (exact) mass is 277 g/mol. The van der Waals surface area contributed by atoms with Crippen molar-refractivity contribution in [3.8, 4) is 0 Å². The van der Waals surface area contributed by atoms with E-state index in [4.69, 9.17) is 0 Å². The van der Waals surface area contributed by atoms with Gasteiger partial charge in [-0.25, -0.2) is 4.39 Å². The minimum atomic E-state index is -0.202. The van der Waals surface area contributed by atoms with E-state index in [0.717, 1.165) is 25.7 Å². The zero-order valence-electron chi connectivity index (χ0n) is 12.3. The number of aliphatic hydroxyl groups excluding tert-OH is 1. The molecule has 0 aliphatic carbocycles. The second-order valence-electron chi connectivity index (χ2n) is 6.46. The molecule has 3 heteroatoms. The van der Waals surface area contributed by atoms with Crippen LogP contribution in [0.25, 0.3) is 0 Å². The van der Waals surface area contributed by atoms with Crippen molar-refractivity contribution < 1.29 is 9.50 Å². The maximum Gasteiger partial charge on any atom is 0.123 e. The number of piperidine rings is 1. The first-order valence-corrected chi connectivity index (χ1v) is 7.77. The molecule has 2 unspecified atom stereocenters. The maximum atomic E-state index is 13.1. The SMILES string of the molecule is CCC[C@H]1[C@H](c2ccc(F)cc2)CC2CC(O)[C@@H]1N2C. The molecular formula is C17H24FNO. The molecule has 2 nitrogen and oxygen atoms in total. The first-order valence-electron chi connectivity index (χ1n) is 7.77. The van der Waals surface area contributed by atoms with Gasteiger partial charge in [-0.3, -0.25) is 4.90 Å². The van der Waals surface area contributed by atoms with E-state index < -0.39 is 0 Å². The summed E-state index contributed by atoms with van der Waals surface area (Å²) >= 11 is 0. The lowest BCUT2D eigenvalue weighted by molar-refractivity contribution is 0.0424. The zero-order chi connectivity index (χ0) is 14.3. The summed E-state index contributed by atoms with van der Waals surface area (Å²) in [4.78, 5) is 2.38. The van der Waals surface area contributed by atoms with E-state index in [0.29, 0.717) is 17.9 Å². The smallest absolute Gasteiger partial charge is 0.123 e. The second kappa shape index (κ2) is 5.45. The summed E-state index contributed by atoms with van der Waals surface area (Å²) in [6.07, 6.45) is 4.02. The highest BCUT2D eigenvalue weighted by Gasteiger charge is 2.49. The number of aliphatic hydroxyl groups is 1. The highest BCUT2D eigenvalue weighted by atomic mass is 19.1. The molecule has 5 atom stereocenters. The van der Waals surface area contributed by atoms with Crippen molar-refractivity contribution in [1.29, 1.82) is 0 Å². The van der Waals surface area contributed by atoms with Gasteiger partial charge in [-0.2, -0.15) is 0 Å². The summed E-state index contributed by atoms with van der Waals surface area (Å²) in [6.45, 7) is 2.20. The van der Waals surface area contributed by atoms with Gasteiger partial charge >= 0.3 is 0 Å². The molecule has 3 rings (SSSR count). The molecule has 20 heavy (non-hydrogen) atoms. The Hall–Kier alpha value is -0.930. The van der Waals surface area contributed by atoms with Gasteiger partial charge in [-0.15, -0.1) is 0 Å². The van der Waals surface area contributed by atoms with Crippen LogP contribution in [0, 0.1) is 11.7 Å². The van der Waals surface area contributed by atoms with Crippen LogP contribution in [0.1, 0.15) is 44.1 Å². The number of fused-ring (bicyclic) bond motifs is 2. The first kappa shape index (κ1) is 14.0. The van der Waals surface area contributed by atoms with E-state index in [-0.39, 0.29) is 18.0 Å². The molecule has 110 valence electrons. The van der Waals surface area contributed by atoms with Gasteiger partial charge in [0.25, 0.3) is 0 Å². The van der Waals surface area contributed by atoms with E-state index >= 15 is 0 Å². The van der Waals surface area contributed by atoms with Crippen molar-refractivity contribution in [2.24, 2.45) is 5.92 Å². The van der Waals surface area contributed by atoms with Crippen LogP contribution in [-0.4, -0.2) is 35.2 Å². The average molecular weight is 277 g/mol. The molecule has 0 aromatic heterocycles. The third-order valence-corrected chi connectivity index (χ3v) is 5.36. The minimum absolute atomic E-state index is 0.170. The fourth-order valence-electron chi connectivity index (χ4n) is 4.45. The first-order chi connectivity index (χ1) is 9.61. The Morgan fingerprint density at radius 2 is 1.95 bits per heavy atom. The Morgan fingerprint density at radius 1 is 1.25 bits per heavy atom. The number of nitrogens with zero attached hydrogens (tertiary/aromatic N) is 1. The van der Waals surface area contributed by atoms with Gasteiger partial charge in [-0.05, 0) is 55.8 Å². The Kier molecular flexibility index (Phi) is 3.83. The summed E-state index contributed by atoms with van der Waals surface area (Å²) in [5.74, 6) is 0.764. The Bertz CT molecular complexity index is 461. The number of rotatable bonds is 3. The van der Waals surface area contributed by atoms with Gasteiger partial charge in [0, 0.05) is 12.1 Å². The fourth-order valence-corrected chi connectivity index (χ4v) is 4.45. The maximum absolute atomic E-state index is 13.1. The van der Waals surface area contributed by atoms with Gasteiger partial charge in [0.1, 0.15) is 5.82 Å². The molecule has 2 aliphatic heterocycles. The van der Waals surface area contributed by atoms with Crippen LogP contribution < -0.4 is 0 Å². The Morgan fingerprint density at radius 3 is 2.60 bits per heavy atom. The summed E-state index contributed by atoms with van der Waals surface area (Å²) in [5, 5.41) is 10.4. The number of halogens is 1. The van der Waals surface area contributed by atoms with E-state index in [9.17, 15) is 9.50 Å². The van der Waals surface area contributed by atoms with Crippen LogP contribution in [0.15, 0.2) is 24.3 Å². The average Bonchev–Trinajstić information content (AvgIpc) is 2.61. The van der Waals surface area contributed by atoms with Crippen LogP contribution >= 0.6 is 0 Å². The molecule has 1 aromatic carbocycles. The fraction of sp³-hybridized carbons (Fsp3) is 0.647. The van der Waals surface area contributed by atoms with Crippen LogP contribution in [0.5, 0.6) is 0 Å². The van der Waals surface area contributed by atoms with Gasteiger partial charge in [-0.1, -0.05) is 25.5 Å². The molecule has 1 aromatic rings. The van der Waals surface area contributed by atoms with Gasteiger partial charge in [0.2, 0.25) is 0 Å². The summed E-state index contributed by atoms with van der Waals surface area (Å²) in [6, 6.07) is 7.73. The predicted octanol–water partition coefficient (Wildman–Crippen LogP) is 3.16. The third-order valence-electron chi connectivity index (χ3n) is 5.36. The van der Waals surface area contributed by atoms with Crippen molar-refractivity contribution in [3.63, 3.8) is 0 Å². The highest BCUT2D eigenvalue weighted by molar-refractivity contribution is 5.24. The van der Waals surface area contributed by atoms with Gasteiger partial charge in [0.15, 0.2) is 0 Å². The van der Waals surface area contributed by atoms with Crippen molar-refractivity contribution in [1.82, 2.24) is 4.90 Å². The lowest BCUT2D eigenvalue weighted by Crippen LogP contribution is -2.48. The van der Waals surface area contributed by atoms with Crippen LogP contribution in [-0.2, 0) is 0 Å². The molecule has 0 amide bonds. The second-order valence-corrected chi connectivity index (χ2v) is 6.46. The van der Waals surface area contributed by atoms with E-state index in [2.05, 4.69) is 18.9 Å². The molecule has 0 saturated carbocycles. The van der Waals surface area contributed by atoms with Crippen LogP contribution in [0.3, 0.4) is 0 Å². The predicted molar refractivity (Wildman–Crippen MR) is 78.1 cm³/mol. The quantitative estimate of drug-likeness (QED) is 0.917. The molecule has 1 N–H and O–H groups in total. The number of benzene rings is 1. The van der Waals surface area contributed by atoms with Gasteiger partial charge < -0.3 is 5.11 Å². The summed E-state index contributed by atoms with van der Waals surface area (Å²) in [5.41, 5.74) is 1.24. The molecule has 2 aliphatic rings. The third kappa shape index (κ3) is 2.27. The molecule has 0 radical (unpaired) electrons. The minimum Gasteiger partial charge on any atom is -0.391 e. The van der Waals surface area contributed by atoms with Crippen molar-refractivity contribution in [2.45, 2.75) is 56.7 Å². The summed E-state index contributed by atoms with van der Waals surface area (Å²) < 4.78 is 13.1. The number of likely N-dealkylation sites (N-methyl/N-ethyl adjacent to an activating group) is 1. The van der Waals surface area contributed by atoms with E-state index in [1.165, 1.54) is 5.56 Å². The Balaban J connectivity index is 1.91. The largest absolute Gasteiger partial charge is 0.391 e. The van der Waals surface area contributed by atoms with Gasteiger partial charge in [0.05, 0.1) is 6.10 Å². The number of hydrogen-bond donors (Lipinski definition) is 1. The molecule has 0 spiro atoms. The number of hydrogen-bond acceptors (Lipinski definition) is 2. The summed E-state index contributed by atoms with van der Waals surface area (Å²) in [7, 11) is 2.15. The topological polar surface area (TPSA) is 23.5 Å². The lowest BCUT2D eigenvalue weighted by Gasteiger charge is -2.43. The van der Waals surface area contributed by atoms with Crippen LogP contribution in [0.4, 0.5) is 4.39 Å². The Labute approximate surface area is 120 Å². The highest BCUT2D eigenvalue weighted by Crippen LogP contribution is 2.47. The normalized spacial score (nSPS) is 37.3. The lowest BCUT2D eigenvalue weighted by atomic mass is 9.74. The molecule has 2 fully saturated rings. The van der Waals surface area contributed by atoms with Crippen LogP contribution in [0.2, 0.25) is 0 Å².